The number of benzene rings is 1. The molecule has 28 heavy (non-hydrogen) atoms. The SMILES string of the molecule is C[C@@H]1[C@@H](C)CCC[C@H]1NC(=S)NNC(=O)Cc1nn(C)c(=O)c2ccccc12. The molecular formula is C20H27N5O2S. The van der Waals surface area contributed by atoms with Crippen LogP contribution in [0.4, 0.5) is 0 Å². The summed E-state index contributed by atoms with van der Waals surface area (Å²) in [6.07, 6.45) is 3.55. The molecule has 3 atom stereocenters. The molecule has 0 unspecified atom stereocenters. The molecule has 2 aromatic rings. The summed E-state index contributed by atoms with van der Waals surface area (Å²) in [5, 5.41) is 9.21. The van der Waals surface area contributed by atoms with E-state index >= 15 is 0 Å². The first-order valence-corrected chi connectivity index (χ1v) is 10.1. The van der Waals surface area contributed by atoms with Crippen LogP contribution in [0.3, 0.4) is 0 Å². The third-order valence-corrected chi connectivity index (χ3v) is 5.92. The predicted octanol–water partition coefficient (Wildman–Crippen LogP) is 1.80. The number of carbonyl (C=O) groups excluding carboxylic acids is 1. The van der Waals surface area contributed by atoms with Crippen molar-refractivity contribution in [2.24, 2.45) is 18.9 Å². The molecule has 1 aromatic heterocycles. The second-order valence-corrected chi connectivity index (χ2v) is 8.03. The lowest BCUT2D eigenvalue weighted by molar-refractivity contribution is -0.121. The molecule has 1 fully saturated rings. The number of nitrogens with one attached hydrogen (secondary N) is 3. The van der Waals surface area contributed by atoms with E-state index < -0.39 is 0 Å². The van der Waals surface area contributed by atoms with Crippen LogP contribution in [0.1, 0.15) is 38.8 Å². The van der Waals surface area contributed by atoms with Crippen LogP contribution in [0.15, 0.2) is 29.1 Å². The lowest BCUT2D eigenvalue weighted by atomic mass is 9.78. The van der Waals surface area contributed by atoms with Crippen molar-refractivity contribution >= 4 is 34.0 Å². The number of aryl methyl sites for hydroxylation is 1. The molecule has 1 aromatic carbocycles. The van der Waals surface area contributed by atoms with Crippen LogP contribution >= 0.6 is 12.2 Å². The molecular weight excluding hydrogens is 374 g/mol. The summed E-state index contributed by atoms with van der Waals surface area (Å²) in [5.41, 5.74) is 5.77. The van der Waals surface area contributed by atoms with Gasteiger partial charge in [0.1, 0.15) is 0 Å². The summed E-state index contributed by atoms with van der Waals surface area (Å²) < 4.78 is 1.26. The molecule has 1 amide bonds. The van der Waals surface area contributed by atoms with E-state index in [4.69, 9.17) is 12.2 Å². The van der Waals surface area contributed by atoms with Gasteiger partial charge in [-0.1, -0.05) is 44.9 Å². The Kier molecular flexibility index (Phi) is 6.28. The minimum atomic E-state index is -0.273. The molecule has 0 saturated heterocycles. The molecule has 1 aliphatic carbocycles. The fraction of sp³-hybridized carbons (Fsp3) is 0.500. The lowest BCUT2D eigenvalue weighted by Gasteiger charge is -2.35. The van der Waals surface area contributed by atoms with Gasteiger partial charge in [-0.05, 0) is 36.5 Å². The van der Waals surface area contributed by atoms with Crippen LogP contribution < -0.4 is 21.7 Å². The van der Waals surface area contributed by atoms with Gasteiger partial charge in [-0.25, -0.2) is 4.68 Å². The third kappa shape index (κ3) is 4.49. The zero-order chi connectivity index (χ0) is 20.3. The largest absolute Gasteiger partial charge is 0.358 e. The van der Waals surface area contributed by atoms with Gasteiger partial charge < -0.3 is 5.32 Å². The van der Waals surface area contributed by atoms with E-state index in [1.807, 2.05) is 6.07 Å². The van der Waals surface area contributed by atoms with Gasteiger partial charge in [-0.2, -0.15) is 5.10 Å². The molecule has 3 N–H and O–H groups in total. The Morgan fingerprint density at radius 2 is 1.93 bits per heavy atom. The van der Waals surface area contributed by atoms with E-state index in [2.05, 4.69) is 35.1 Å². The fourth-order valence-electron chi connectivity index (χ4n) is 3.82. The number of carbonyl (C=O) groups is 1. The molecule has 0 radical (unpaired) electrons. The van der Waals surface area contributed by atoms with E-state index in [1.165, 1.54) is 17.5 Å². The Hall–Kier alpha value is -2.48. The molecule has 1 heterocycles. The Morgan fingerprint density at radius 3 is 2.68 bits per heavy atom. The summed E-state index contributed by atoms with van der Waals surface area (Å²) in [4.78, 5) is 24.6. The van der Waals surface area contributed by atoms with E-state index in [9.17, 15) is 9.59 Å². The summed E-state index contributed by atoms with van der Waals surface area (Å²) in [5.74, 6) is 0.920. The standard InChI is InChI=1S/C20H27N5O2S/c1-12-7-6-10-16(13(12)2)21-20(28)23-22-18(26)11-17-14-8-4-5-9-15(14)19(27)25(3)24-17/h4-5,8-9,12-13,16H,6-7,10-11H2,1-3H3,(H,22,26)(H2,21,23,28)/t12-,13+,16+/m0/s1. The Bertz CT molecular complexity index is 942. The van der Waals surface area contributed by atoms with Crippen LogP contribution in [0.25, 0.3) is 10.8 Å². The highest BCUT2D eigenvalue weighted by molar-refractivity contribution is 7.80. The van der Waals surface area contributed by atoms with Gasteiger partial charge >= 0.3 is 0 Å². The van der Waals surface area contributed by atoms with Crippen molar-refractivity contribution in [3.8, 4) is 0 Å². The number of aromatic nitrogens is 2. The maximum Gasteiger partial charge on any atom is 0.274 e. The van der Waals surface area contributed by atoms with E-state index in [1.54, 1.807) is 25.2 Å². The van der Waals surface area contributed by atoms with Crippen molar-refractivity contribution in [2.45, 2.75) is 45.6 Å². The van der Waals surface area contributed by atoms with Crippen LogP contribution in [0, 0.1) is 11.8 Å². The van der Waals surface area contributed by atoms with Crippen molar-refractivity contribution in [2.75, 3.05) is 0 Å². The Balaban J connectivity index is 1.59. The summed E-state index contributed by atoms with van der Waals surface area (Å²) >= 11 is 5.33. The monoisotopic (exact) mass is 401 g/mol. The normalized spacial score (nSPS) is 21.9. The average Bonchev–Trinajstić information content (AvgIpc) is 2.68. The molecule has 0 aliphatic heterocycles. The molecule has 7 nitrogen and oxygen atoms in total. The van der Waals surface area contributed by atoms with Gasteiger partial charge in [0.15, 0.2) is 5.11 Å². The van der Waals surface area contributed by atoms with Gasteiger partial charge in [-0.3, -0.25) is 20.4 Å². The highest BCUT2D eigenvalue weighted by Gasteiger charge is 2.27. The van der Waals surface area contributed by atoms with E-state index in [0.29, 0.717) is 39.5 Å². The highest BCUT2D eigenvalue weighted by Crippen LogP contribution is 2.29. The predicted molar refractivity (Wildman–Crippen MR) is 114 cm³/mol. The van der Waals surface area contributed by atoms with E-state index in [0.717, 1.165) is 6.42 Å². The maximum absolute atomic E-state index is 12.4. The molecule has 0 spiro atoms. The Labute approximate surface area is 169 Å². The first-order chi connectivity index (χ1) is 13.4. The number of hydrazine groups is 1. The van der Waals surface area contributed by atoms with Gasteiger partial charge in [0, 0.05) is 18.5 Å². The van der Waals surface area contributed by atoms with Gasteiger partial charge in [-0.15, -0.1) is 0 Å². The zero-order valence-electron chi connectivity index (χ0n) is 16.5. The quantitative estimate of drug-likeness (QED) is 0.537. The van der Waals surface area contributed by atoms with Crippen molar-refractivity contribution in [3.05, 3.63) is 40.3 Å². The Morgan fingerprint density at radius 1 is 1.21 bits per heavy atom. The van der Waals surface area contributed by atoms with Crippen molar-refractivity contribution in [1.29, 1.82) is 0 Å². The first-order valence-electron chi connectivity index (χ1n) is 9.67. The van der Waals surface area contributed by atoms with Gasteiger partial charge in [0.05, 0.1) is 17.5 Å². The maximum atomic E-state index is 12.4. The van der Waals surface area contributed by atoms with Gasteiger partial charge in [0.2, 0.25) is 5.91 Å². The molecule has 150 valence electrons. The summed E-state index contributed by atoms with van der Waals surface area (Å²) in [6, 6.07) is 7.48. The molecule has 0 bridgehead atoms. The number of rotatable bonds is 3. The van der Waals surface area contributed by atoms with Crippen LogP contribution in [-0.4, -0.2) is 26.8 Å². The lowest BCUT2D eigenvalue weighted by Crippen LogP contribution is -2.52. The van der Waals surface area contributed by atoms with Crippen molar-refractivity contribution in [3.63, 3.8) is 0 Å². The average molecular weight is 402 g/mol. The van der Waals surface area contributed by atoms with Gasteiger partial charge in [0.25, 0.3) is 5.56 Å². The number of nitrogens with zero attached hydrogens (tertiary/aromatic N) is 2. The van der Waals surface area contributed by atoms with E-state index in [-0.39, 0.29) is 17.9 Å². The molecule has 1 saturated carbocycles. The minimum Gasteiger partial charge on any atom is -0.358 e. The molecule has 1 aliphatic rings. The third-order valence-electron chi connectivity index (χ3n) is 5.70. The fourth-order valence-corrected chi connectivity index (χ4v) is 4.02. The number of amides is 1. The van der Waals surface area contributed by atoms with Crippen LogP contribution in [0.5, 0.6) is 0 Å². The van der Waals surface area contributed by atoms with Crippen molar-refractivity contribution < 1.29 is 4.79 Å². The number of fused-ring (bicyclic) bond motifs is 1. The zero-order valence-corrected chi connectivity index (χ0v) is 17.3. The highest BCUT2D eigenvalue weighted by atomic mass is 32.1. The second-order valence-electron chi connectivity index (χ2n) is 7.62. The van der Waals surface area contributed by atoms with Crippen LogP contribution in [-0.2, 0) is 18.3 Å². The van der Waals surface area contributed by atoms with Crippen molar-refractivity contribution in [1.82, 2.24) is 25.9 Å². The van der Waals surface area contributed by atoms with Crippen LogP contribution in [0.2, 0.25) is 0 Å². The smallest absolute Gasteiger partial charge is 0.274 e. The second kappa shape index (κ2) is 8.68. The minimum absolute atomic E-state index is 0.0428. The molecule has 8 heteroatoms. The first kappa shape index (κ1) is 20.3. The summed E-state index contributed by atoms with van der Waals surface area (Å²) in [6.45, 7) is 4.50. The summed E-state index contributed by atoms with van der Waals surface area (Å²) in [7, 11) is 1.58. The number of thiocarbonyl (C=S) groups is 1. The number of hydrogen-bond acceptors (Lipinski definition) is 4. The number of hydrogen-bond donors (Lipinski definition) is 3. The molecule has 3 rings (SSSR count). The topological polar surface area (TPSA) is 88.0 Å².